The number of amides is 2. The number of aliphatic hydroxyl groups is 1. The molecule has 5 N–H and O–H groups in total. The van der Waals surface area contributed by atoms with Gasteiger partial charge in [-0.05, 0) is 79.7 Å². The highest BCUT2D eigenvalue weighted by atomic mass is 79.9. The number of ether oxygens (including phenoxy) is 1. The van der Waals surface area contributed by atoms with Crippen LogP contribution in [0.3, 0.4) is 0 Å². The van der Waals surface area contributed by atoms with Crippen LogP contribution in [-0.4, -0.2) is 57.7 Å². The lowest BCUT2D eigenvalue weighted by Gasteiger charge is -2.32. The molecule has 3 aromatic carbocycles. The second-order valence-corrected chi connectivity index (χ2v) is 17.8. The molecular weight excluding hydrogens is 680 g/mol. The Morgan fingerprint density at radius 1 is 1.15 bits per heavy atom. The molecule has 246 valence electrons. The van der Waals surface area contributed by atoms with Gasteiger partial charge in [-0.15, -0.1) is 5.10 Å². The van der Waals surface area contributed by atoms with E-state index in [1.165, 1.54) is 0 Å². The fourth-order valence-electron chi connectivity index (χ4n) is 7.18. The monoisotopic (exact) mass is 718 g/mol. The molecule has 1 saturated heterocycles. The van der Waals surface area contributed by atoms with Crippen LogP contribution in [0.25, 0.3) is 0 Å². The van der Waals surface area contributed by atoms with Gasteiger partial charge in [0.05, 0.1) is 24.0 Å². The summed E-state index contributed by atoms with van der Waals surface area (Å²) >= 11 is 3.61. The van der Waals surface area contributed by atoms with Gasteiger partial charge in [0, 0.05) is 64.2 Å². The van der Waals surface area contributed by atoms with Crippen LogP contribution >= 0.6 is 15.9 Å². The normalized spacial score (nSPS) is 22.2. The van der Waals surface area contributed by atoms with E-state index in [4.69, 9.17) is 10.5 Å². The van der Waals surface area contributed by atoms with Crippen molar-refractivity contribution >= 4 is 53.1 Å². The van der Waals surface area contributed by atoms with Crippen LogP contribution < -0.4 is 16.0 Å². The molecule has 0 radical (unpaired) electrons. The van der Waals surface area contributed by atoms with Crippen molar-refractivity contribution in [1.82, 2.24) is 15.0 Å². The van der Waals surface area contributed by atoms with Gasteiger partial charge >= 0.3 is 0 Å². The van der Waals surface area contributed by atoms with E-state index in [0.717, 1.165) is 21.3 Å². The first-order valence-corrected chi connectivity index (χ1v) is 19.5. The lowest BCUT2D eigenvalue weighted by atomic mass is 9.82. The zero-order valence-corrected chi connectivity index (χ0v) is 29.1. The number of aliphatic hydroxyl groups excluding tert-OH is 1. The van der Waals surface area contributed by atoms with Crippen molar-refractivity contribution in [3.63, 3.8) is 0 Å². The second-order valence-electron chi connectivity index (χ2n) is 12.9. The van der Waals surface area contributed by atoms with Crippen LogP contribution in [0.15, 0.2) is 77.4 Å². The molecule has 1 aromatic heterocycles. The molecule has 0 bridgehead atoms. The van der Waals surface area contributed by atoms with Crippen molar-refractivity contribution in [2.24, 2.45) is 5.92 Å². The number of carbonyl (C=O) groups excluding carboxylic acids is 2. The minimum atomic E-state index is -2.84. The van der Waals surface area contributed by atoms with Gasteiger partial charge in [0.2, 0.25) is 0 Å². The number of hydrogen-bond donors (Lipinski definition) is 4. The number of nitrogens with one attached hydrogen (secondary N) is 1. The molecule has 4 aromatic rings. The van der Waals surface area contributed by atoms with Gasteiger partial charge in [-0.25, -0.2) is 0 Å². The molecule has 1 fully saturated rings. The fourth-order valence-corrected chi connectivity index (χ4v) is 10.1. The third-order valence-corrected chi connectivity index (χ3v) is 12.2. The van der Waals surface area contributed by atoms with Crippen molar-refractivity contribution in [3.8, 4) is 0 Å². The average Bonchev–Trinajstić information content (AvgIpc) is 3.66. The van der Waals surface area contributed by atoms with Crippen molar-refractivity contribution in [1.29, 1.82) is 0 Å². The zero-order valence-electron chi connectivity index (χ0n) is 26.6. The number of nitrogens with two attached hydrogens (primary N) is 1. The first-order valence-electron chi connectivity index (χ1n) is 15.7. The van der Waals surface area contributed by atoms with Gasteiger partial charge in [0.15, 0.2) is 13.9 Å². The predicted molar refractivity (Wildman–Crippen MR) is 185 cm³/mol. The molecule has 0 saturated carbocycles. The second kappa shape index (κ2) is 13.0. The number of carbonyl (C=O) groups is 2. The van der Waals surface area contributed by atoms with Gasteiger partial charge < -0.3 is 30.6 Å². The summed E-state index contributed by atoms with van der Waals surface area (Å²) in [6.07, 6.45) is 2.36. The summed E-state index contributed by atoms with van der Waals surface area (Å²) in [5.74, 6) is -0.743. The minimum absolute atomic E-state index is 0.00698. The average molecular weight is 720 g/mol. The third kappa shape index (κ3) is 6.37. The molecule has 47 heavy (non-hydrogen) atoms. The quantitative estimate of drug-likeness (QED) is 0.134. The van der Waals surface area contributed by atoms with E-state index in [1.54, 1.807) is 33.8 Å². The predicted octanol–water partition coefficient (Wildman–Crippen LogP) is 4.84. The number of benzene rings is 3. The van der Waals surface area contributed by atoms with Crippen LogP contribution in [0.4, 0.5) is 17.1 Å². The van der Waals surface area contributed by atoms with E-state index < -0.39 is 20.0 Å². The smallest absolute Gasteiger partial charge is 0.264 e. The molecule has 6 rings (SSSR count). The first kappa shape index (κ1) is 33.0. The van der Waals surface area contributed by atoms with E-state index >= 15 is 0 Å². The molecule has 11 nitrogen and oxygen atoms in total. The molecule has 2 aliphatic heterocycles. The van der Waals surface area contributed by atoms with E-state index in [1.807, 2.05) is 68.7 Å². The molecule has 0 aliphatic carbocycles. The van der Waals surface area contributed by atoms with E-state index in [0.29, 0.717) is 42.0 Å². The number of nitrogens with zero attached hydrogens (tertiary/aromatic N) is 4. The SMILES string of the molecule is C[C@@H]1[C@@H]([Si](C)(C)O)[C@H](CCn2cc(CCO)nn2)O[C@@]12C(=O)N(Cc1cccc(NC(=O)c3ccc(N)cc3)c1)c1ccc(Br)cc12. The minimum Gasteiger partial charge on any atom is -0.432 e. The summed E-state index contributed by atoms with van der Waals surface area (Å²) in [5.41, 5.74) is 8.99. The lowest BCUT2D eigenvalue weighted by molar-refractivity contribution is -0.146. The van der Waals surface area contributed by atoms with Gasteiger partial charge in [-0.3, -0.25) is 14.3 Å². The van der Waals surface area contributed by atoms with Crippen LogP contribution in [0, 0.1) is 5.92 Å². The zero-order chi connectivity index (χ0) is 33.5. The lowest BCUT2D eigenvalue weighted by Crippen LogP contribution is -2.46. The molecule has 2 amide bonds. The number of halogens is 1. The van der Waals surface area contributed by atoms with Crippen molar-refractivity contribution in [3.05, 3.63) is 99.8 Å². The molecule has 3 heterocycles. The highest BCUT2D eigenvalue weighted by molar-refractivity contribution is 9.10. The Morgan fingerprint density at radius 3 is 2.64 bits per heavy atom. The van der Waals surface area contributed by atoms with Gasteiger partial charge in [-0.2, -0.15) is 0 Å². The number of hydrogen-bond acceptors (Lipinski definition) is 8. The van der Waals surface area contributed by atoms with Crippen molar-refractivity contribution in [2.45, 2.75) is 63.2 Å². The highest BCUT2D eigenvalue weighted by Crippen LogP contribution is 2.60. The Labute approximate surface area is 283 Å². The van der Waals surface area contributed by atoms with E-state index in [9.17, 15) is 19.5 Å². The number of rotatable bonds is 10. The maximum absolute atomic E-state index is 14.7. The Kier molecular flexibility index (Phi) is 9.11. The van der Waals surface area contributed by atoms with Gasteiger partial charge in [0.1, 0.15) is 0 Å². The van der Waals surface area contributed by atoms with Gasteiger partial charge in [-0.1, -0.05) is 40.2 Å². The Balaban J connectivity index is 1.28. The van der Waals surface area contributed by atoms with E-state index in [2.05, 4.69) is 31.6 Å². The van der Waals surface area contributed by atoms with E-state index in [-0.39, 0.29) is 36.4 Å². The van der Waals surface area contributed by atoms with Crippen LogP contribution in [0.1, 0.15) is 40.5 Å². The summed E-state index contributed by atoms with van der Waals surface area (Å²) in [4.78, 5) is 41.0. The Hall–Kier alpha value is -3.88. The number of nitrogen functional groups attached to an aromatic ring is 1. The Morgan fingerprint density at radius 2 is 1.91 bits per heavy atom. The highest BCUT2D eigenvalue weighted by Gasteiger charge is 2.66. The largest absolute Gasteiger partial charge is 0.432 e. The number of fused-ring (bicyclic) bond motifs is 2. The summed E-state index contributed by atoms with van der Waals surface area (Å²) in [6.45, 7) is 6.57. The summed E-state index contributed by atoms with van der Waals surface area (Å²) in [6, 6.07) is 20.0. The first-order chi connectivity index (χ1) is 22.4. The van der Waals surface area contributed by atoms with Crippen LogP contribution in [0.2, 0.25) is 18.6 Å². The third-order valence-electron chi connectivity index (χ3n) is 9.24. The summed E-state index contributed by atoms with van der Waals surface area (Å²) in [7, 11) is -2.84. The Bertz CT molecular complexity index is 1790. The summed E-state index contributed by atoms with van der Waals surface area (Å²) < 4.78 is 9.48. The molecule has 13 heteroatoms. The van der Waals surface area contributed by atoms with Crippen molar-refractivity contribution in [2.75, 3.05) is 22.6 Å². The molecular formula is C34H39BrN6O5Si. The van der Waals surface area contributed by atoms with Crippen LogP contribution in [-0.2, 0) is 34.6 Å². The summed E-state index contributed by atoms with van der Waals surface area (Å²) in [5, 5.41) is 20.5. The number of anilines is 3. The topological polar surface area (TPSA) is 156 Å². The number of aryl methyl sites for hydroxylation is 1. The molecule has 1 spiro atoms. The fraction of sp³-hybridized carbons (Fsp3) is 0.353. The van der Waals surface area contributed by atoms with Crippen molar-refractivity contribution < 1.29 is 24.2 Å². The molecule has 2 aliphatic rings. The molecule has 4 atom stereocenters. The van der Waals surface area contributed by atoms with Crippen LogP contribution in [0.5, 0.6) is 0 Å². The maximum atomic E-state index is 14.7. The number of aromatic nitrogens is 3. The standard InChI is InChI=1S/C34H39BrN6O5Si/c1-21-31(47(2,3)45)30(13-15-40-20-27(14-16-42)38-39-40)46-34(21)28-18-24(35)9-12-29(28)41(33(34)44)19-22-5-4-6-26(17-22)37-32(43)23-7-10-25(36)11-8-23/h4-12,17-18,20-21,30-31,42,45H,13-16,19,36H2,1-3H3,(H,37,43)/t21-,30+,31-,34+/m1/s1. The van der Waals surface area contributed by atoms with Gasteiger partial charge in [0.25, 0.3) is 11.8 Å². The molecule has 0 unspecified atom stereocenters. The maximum Gasteiger partial charge on any atom is 0.264 e.